The third-order valence-electron chi connectivity index (χ3n) is 3.89. The van der Waals surface area contributed by atoms with Crippen LogP contribution in [-0.4, -0.2) is 37.6 Å². The molecule has 9 heteroatoms. The lowest BCUT2D eigenvalue weighted by Gasteiger charge is -2.17. The molecule has 1 aromatic rings. The number of urea groups is 1. The topological polar surface area (TPSA) is 126 Å². The fourth-order valence-corrected chi connectivity index (χ4v) is 2.36. The van der Waals surface area contributed by atoms with Gasteiger partial charge in [-0.05, 0) is 43.9 Å². The lowest BCUT2D eigenvalue weighted by Crippen LogP contribution is -2.43. The molecule has 3 amide bonds. The van der Waals surface area contributed by atoms with Crippen LogP contribution in [0.5, 0.6) is 0 Å². The highest BCUT2D eigenvalue weighted by Gasteiger charge is 2.21. The summed E-state index contributed by atoms with van der Waals surface area (Å²) < 4.78 is 4.72. The average molecular weight is 378 g/mol. The van der Waals surface area contributed by atoms with Crippen molar-refractivity contribution in [1.82, 2.24) is 10.6 Å². The molecular weight excluding hydrogens is 352 g/mol. The van der Waals surface area contributed by atoms with Gasteiger partial charge in [-0.2, -0.15) is 4.91 Å². The summed E-state index contributed by atoms with van der Waals surface area (Å²) >= 11 is 0. The molecule has 0 aromatic heterocycles. The second-order valence-electron chi connectivity index (χ2n) is 6.06. The minimum Gasteiger partial charge on any atom is -0.467 e. The van der Waals surface area contributed by atoms with E-state index in [0.717, 1.165) is 5.56 Å². The molecular formula is C18H26N4O5. The number of nitroso groups, excluding NO2 is 1. The van der Waals surface area contributed by atoms with Crippen molar-refractivity contribution in [2.75, 3.05) is 19.0 Å². The van der Waals surface area contributed by atoms with Crippen molar-refractivity contribution in [2.45, 2.75) is 45.2 Å². The lowest BCUT2D eigenvalue weighted by atomic mass is 10.1. The third kappa shape index (κ3) is 8.30. The molecule has 1 rings (SSSR count). The SMILES string of the molecule is COC(=O)C(CCCCNC(C)=O)NC(=O)Nc1ccc(C(C)N=O)cc1. The Hall–Kier alpha value is -2.97. The first-order valence-corrected chi connectivity index (χ1v) is 8.69. The summed E-state index contributed by atoms with van der Waals surface area (Å²) in [6.07, 6.45) is 1.70. The molecule has 0 aliphatic carbocycles. The van der Waals surface area contributed by atoms with Gasteiger partial charge >= 0.3 is 12.0 Å². The number of hydrogen-bond acceptors (Lipinski definition) is 6. The molecule has 0 aliphatic rings. The van der Waals surface area contributed by atoms with Gasteiger partial charge in [-0.1, -0.05) is 17.3 Å². The standard InChI is InChI=1S/C18H26N4O5/c1-12(22-26)14-7-9-15(10-8-14)20-18(25)21-16(17(24)27-3)6-4-5-11-19-13(2)23/h7-10,12,16H,4-6,11H2,1-3H3,(H,19,23)(H2,20,21,25). The fraction of sp³-hybridized carbons (Fsp3) is 0.500. The number of unbranched alkanes of at least 4 members (excludes halogenated alkanes) is 1. The van der Waals surface area contributed by atoms with E-state index in [1.54, 1.807) is 31.2 Å². The Morgan fingerprint density at radius 3 is 2.37 bits per heavy atom. The highest BCUT2D eigenvalue weighted by atomic mass is 16.5. The first kappa shape index (κ1) is 22.1. The van der Waals surface area contributed by atoms with Gasteiger partial charge in [0.15, 0.2) is 0 Å². The number of nitrogens with zero attached hydrogens (tertiary/aromatic N) is 1. The zero-order valence-electron chi connectivity index (χ0n) is 15.8. The van der Waals surface area contributed by atoms with Gasteiger partial charge < -0.3 is 20.7 Å². The van der Waals surface area contributed by atoms with Crippen molar-refractivity contribution in [3.05, 3.63) is 34.7 Å². The van der Waals surface area contributed by atoms with Crippen molar-refractivity contribution < 1.29 is 19.1 Å². The Kier molecular flexibility index (Phi) is 9.49. The predicted molar refractivity (Wildman–Crippen MR) is 101 cm³/mol. The van der Waals surface area contributed by atoms with Crippen LogP contribution >= 0.6 is 0 Å². The Morgan fingerprint density at radius 1 is 1.15 bits per heavy atom. The number of ether oxygens (including phenoxy) is 1. The number of nitrogens with one attached hydrogen (secondary N) is 3. The average Bonchev–Trinajstić information content (AvgIpc) is 2.65. The van der Waals surface area contributed by atoms with E-state index in [1.807, 2.05) is 0 Å². The minimum absolute atomic E-state index is 0.110. The summed E-state index contributed by atoms with van der Waals surface area (Å²) in [4.78, 5) is 45.4. The van der Waals surface area contributed by atoms with E-state index in [9.17, 15) is 19.3 Å². The van der Waals surface area contributed by atoms with Crippen LogP contribution in [-0.2, 0) is 14.3 Å². The Balaban J connectivity index is 2.54. The minimum atomic E-state index is -0.786. The maximum absolute atomic E-state index is 12.1. The number of anilines is 1. The van der Waals surface area contributed by atoms with Crippen LogP contribution in [0, 0.1) is 4.91 Å². The normalized spacial score (nSPS) is 12.4. The van der Waals surface area contributed by atoms with Gasteiger partial charge in [0.05, 0.1) is 7.11 Å². The van der Waals surface area contributed by atoms with Gasteiger partial charge in [-0.25, -0.2) is 9.59 Å². The molecule has 0 heterocycles. The van der Waals surface area contributed by atoms with Gasteiger partial charge in [0, 0.05) is 19.2 Å². The predicted octanol–water partition coefficient (Wildman–Crippen LogP) is 2.48. The third-order valence-corrected chi connectivity index (χ3v) is 3.89. The molecule has 0 fully saturated rings. The molecule has 0 radical (unpaired) electrons. The maximum Gasteiger partial charge on any atom is 0.328 e. The summed E-state index contributed by atoms with van der Waals surface area (Å²) in [6.45, 7) is 3.62. The summed E-state index contributed by atoms with van der Waals surface area (Å²) in [5.74, 6) is -0.646. The molecule has 0 saturated carbocycles. The van der Waals surface area contributed by atoms with Gasteiger partial charge in [0.25, 0.3) is 0 Å². The monoisotopic (exact) mass is 378 g/mol. The highest BCUT2D eigenvalue weighted by Crippen LogP contribution is 2.18. The maximum atomic E-state index is 12.1. The number of carbonyl (C=O) groups is 3. The Bertz CT molecular complexity index is 648. The fourth-order valence-electron chi connectivity index (χ4n) is 2.36. The number of rotatable bonds is 10. The van der Waals surface area contributed by atoms with Crippen LogP contribution < -0.4 is 16.0 Å². The van der Waals surface area contributed by atoms with E-state index in [4.69, 9.17) is 4.74 Å². The van der Waals surface area contributed by atoms with E-state index >= 15 is 0 Å². The number of hydrogen-bond donors (Lipinski definition) is 3. The van der Waals surface area contributed by atoms with Gasteiger partial charge in [0.2, 0.25) is 5.91 Å². The van der Waals surface area contributed by atoms with Crippen LogP contribution in [0.25, 0.3) is 0 Å². The number of benzene rings is 1. The number of carbonyl (C=O) groups excluding carboxylic acids is 3. The smallest absolute Gasteiger partial charge is 0.328 e. The van der Waals surface area contributed by atoms with Crippen molar-refractivity contribution >= 4 is 23.6 Å². The molecule has 1 aromatic carbocycles. The van der Waals surface area contributed by atoms with Gasteiger partial charge in [-0.15, -0.1) is 0 Å². The van der Waals surface area contributed by atoms with Crippen LogP contribution in [0.1, 0.15) is 44.7 Å². The van der Waals surface area contributed by atoms with Crippen LogP contribution in [0.2, 0.25) is 0 Å². The van der Waals surface area contributed by atoms with Gasteiger partial charge in [0.1, 0.15) is 12.1 Å². The van der Waals surface area contributed by atoms with Crippen molar-refractivity contribution in [2.24, 2.45) is 5.18 Å². The second kappa shape index (κ2) is 11.6. The van der Waals surface area contributed by atoms with Gasteiger partial charge in [-0.3, -0.25) is 4.79 Å². The Labute approximate surface area is 158 Å². The van der Waals surface area contributed by atoms with Crippen LogP contribution in [0.3, 0.4) is 0 Å². The Morgan fingerprint density at radius 2 is 1.81 bits per heavy atom. The number of esters is 1. The van der Waals surface area contributed by atoms with Crippen LogP contribution in [0.4, 0.5) is 10.5 Å². The quantitative estimate of drug-likeness (QED) is 0.327. The molecule has 27 heavy (non-hydrogen) atoms. The largest absolute Gasteiger partial charge is 0.467 e. The molecule has 0 spiro atoms. The zero-order valence-corrected chi connectivity index (χ0v) is 15.8. The number of methoxy groups -OCH3 is 1. The van der Waals surface area contributed by atoms with Crippen molar-refractivity contribution in [3.8, 4) is 0 Å². The summed E-state index contributed by atoms with van der Waals surface area (Å²) in [7, 11) is 1.26. The molecule has 0 bridgehead atoms. The van der Waals surface area contributed by atoms with E-state index < -0.39 is 24.1 Å². The first-order valence-electron chi connectivity index (χ1n) is 8.69. The molecule has 148 valence electrons. The van der Waals surface area contributed by atoms with Crippen molar-refractivity contribution in [1.29, 1.82) is 0 Å². The molecule has 2 unspecified atom stereocenters. The molecule has 0 aliphatic heterocycles. The van der Waals surface area contributed by atoms with E-state index in [2.05, 4.69) is 21.1 Å². The number of amides is 3. The first-order chi connectivity index (χ1) is 12.9. The molecule has 3 N–H and O–H groups in total. The lowest BCUT2D eigenvalue weighted by molar-refractivity contribution is -0.143. The van der Waals surface area contributed by atoms with Crippen LogP contribution in [0.15, 0.2) is 29.4 Å². The molecule has 9 nitrogen and oxygen atoms in total. The summed E-state index contributed by atoms with van der Waals surface area (Å²) in [5.41, 5.74) is 1.26. The molecule has 0 saturated heterocycles. The highest BCUT2D eigenvalue weighted by molar-refractivity contribution is 5.92. The van der Waals surface area contributed by atoms with E-state index in [0.29, 0.717) is 31.5 Å². The van der Waals surface area contributed by atoms with E-state index in [1.165, 1.54) is 14.0 Å². The van der Waals surface area contributed by atoms with E-state index in [-0.39, 0.29) is 5.91 Å². The van der Waals surface area contributed by atoms with Crippen molar-refractivity contribution in [3.63, 3.8) is 0 Å². The summed E-state index contributed by atoms with van der Waals surface area (Å²) in [5, 5.41) is 10.8. The molecule has 2 atom stereocenters. The second-order valence-corrected chi connectivity index (χ2v) is 6.06. The summed E-state index contributed by atoms with van der Waals surface area (Å²) in [6, 6.07) is 4.90. The zero-order chi connectivity index (χ0) is 20.2.